The molecule has 56 heavy (non-hydrogen) atoms. The molecular weight excluding hydrogens is 766 g/mol. The first-order chi connectivity index (χ1) is 26.8. The molecular formula is C40H39F3N6O5S2. The number of thioether (sulfide) groups is 1. The zero-order chi connectivity index (χ0) is 39.9. The molecule has 2 heterocycles. The molecule has 0 spiro atoms. The number of piperazine rings is 1. The minimum Gasteiger partial charge on any atom is -0.494 e. The van der Waals surface area contributed by atoms with Gasteiger partial charge in [-0.15, -0.1) is 22.0 Å². The number of halogens is 3. The fourth-order valence-electron chi connectivity index (χ4n) is 6.16. The molecule has 0 unspecified atom stereocenters. The van der Waals surface area contributed by atoms with E-state index < -0.39 is 32.6 Å². The highest BCUT2D eigenvalue weighted by atomic mass is 32.2. The van der Waals surface area contributed by atoms with Crippen LogP contribution < -0.4 is 19.7 Å². The Balaban J connectivity index is 1.03. The van der Waals surface area contributed by atoms with Gasteiger partial charge in [0.15, 0.2) is 11.5 Å². The van der Waals surface area contributed by atoms with Gasteiger partial charge < -0.3 is 19.9 Å². The van der Waals surface area contributed by atoms with Crippen LogP contribution in [0.25, 0.3) is 11.1 Å². The van der Waals surface area contributed by atoms with Gasteiger partial charge in [-0.1, -0.05) is 36.4 Å². The van der Waals surface area contributed by atoms with Gasteiger partial charge >= 0.3 is 6.18 Å². The van der Waals surface area contributed by atoms with Gasteiger partial charge in [0.1, 0.15) is 5.75 Å². The van der Waals surface area contributed by atoms with Crippen LogP contribution in [0.15, 0.2) is 113 Å². The SMILES string of the molecule is CCOc1cccc(-c2ccc(C(=O)N3CCN(c4ccc(C(=O)NS(=O)(=O)c5ccc(NCCSc6ccccc6)c(C(F)(F)F)c5)nn4)CC3)cc2C)c1. The molecule has 11 nitrogen and oxygen atoms in total. The van der Waals surface area contributed by atoms with Crippen LogP contribution in [0, 0.1) is 6.92 Å². The van der Waals surface area contributed by atoms with Crippen molar-refractivity contribution in [2.24, 2.45) is 0 Å². The molecule has 6 rings (SSSR count). The summed E-state index contributed by atoms with van der Waals surface area (Å²) in [6.45, 7) is 6.31. The third-order valence-corrected chi connectivity index (χ3v) is 11.3. The Morgan fingerprint density at radius 3 is 2.32 bits per heavy atom. The number of carbonyl (C=O) groups excluding carboxylic acids is 2. The number of sulfonamides is 1. The molecule has 1 saturated heterocycles. The van der Waals surface area contributed by atoms with Gasteiger partial charge in [0.25, 0.3) is 21.8 Å². The highest BCUT2D eigenvalue weighted by Gasteiger charge is 2.35. The maximum atomic E-state index is 14.0. The Labute approximate surface area is 327 Å². The van der Waals surface area contributed by atoms with E-state index in [9.17, 15) is 31.2 Å². The van der Waals surface area contributed by atoms with Crippen molar-refractivity contribution in [3.63, 3.8) is 0 Å². The van der Waals surface area contributed by atoms with Crippen LogP contribution in [0.2, 0.25) is 0 Å². The van der Waals surface area contributed by atoms with Gasteiger partial charge in [-0.25, -0.2) is 13.1 Å². The van der Waals surface area contributed by atoms with E-state index in [2.05, 4.69) is 15.5 Å². The highest BCUT2D eigenvalue weighted by molar-refractivity contribution is 7.99. The molecule has 2 amide bonds. The Kier molecular flexibility index (Phi) is 12.5. The van der Waals surface area contributed by atoms with Crippen LogP contribution in [-0.4, -0.2) is 80.4 Å². The number of ether oxygens (including phenoxy) is 1. The minimum absolute atomic E-state index is 0.104. The number of carbonyl (C=O) groups is 2. The van der Waals surface area contributed by atoms with Crippen molar-refractivity contribution in [3.05, 3.63) is 126 Å². The van der Waals surface area contributed by atoms with E-state index in [-0.39, 0.29) is 23.8 Å². The van der Waals surface area contributed by atoms with Crippen LogP contribution in [0.5, 0.6) is 5.75 Å². The van der Waals surface area contributed by atoms with E-state index in [0.29, 0.717) is 56.0 Å². The quantitative estimate of drug-likeness (QED) is 0.0934. The number of alkyl halides is 3. The summed E-state index contributed by atoms with van der Waals surface area (Å²) in [7, 11) is -4.71. The third kappa shape index (κ3) is 9.78. The Hall–Kier alpha value is -5.61. The molecule has 1 aliphatic rings. The summed E-state index contributed by atoms with van der Waals surface area (Å²) in [6, 6.07) is 28.1. The summed E-state index contributed by atoms with van der Waals surface area (Å²) in [5.74, 6) is 0.393. The topological polar surface area (TPSA) is 134 Å². The summed E-state index contributed by atoms with van der Waals surface area (Å²) in [6.07, 6.45) is -4.87. The lowest BCUT2D eigenvalue weighted by Gasteiger charge is -2.35. The lowest BCUT2D eigenvalue weighted by atomic mass is 9.98. The van der Waals surface area contributed by atoms with E-state index in [1.165, 1.54) is 23.9 Å². The largest absolute Gasteiger partial charge is 0.494 e. The van der Waals surface area contributed by atoms with Crippen LogP contribution in [0.3, 0.4) is 0 Å². The maximum Gasteiger partial charge on any atom is 0.418 e. The molecule has 4 aromatic carbocycles. The lowest BCUT2D eigenvalue weighted by Crippen LogP contribution is -2.49. The number of rotatable bonds is 13. The maximum absolute atomic E-state index is 14.0. The van der Waals surface area contributed by atoms with Gasteiger partial charge in [-0.2, -0.15) is 13.2 Å². The van der Waals surface area contributed by atoms with Crippen molar-refractivity contribution >= 4 is 45.1 Å². The van der Waals surface area contributed by atoms with Gasteiger partial charge in [0.2, 0.25) is 0 Å². The van der Waals surface area contributed by atoms with Crippen LogP contribution in [0.4, 0.5) is 24.7 Å². The lowest BCUT2D eigenvalue weighted by molar-refractivity contribution is -0.137. The highest BCUT2D eigenvalue weighted by Crippen LogP contribution is 2.36. The number of amides is 2. The zero-order valence-corrected chi connectivity index (χ0v) is 32.2. The van der Waals surface area contributed by atoms with Crippen molar-refractivity contribution in [1.82, 2.24) is 19.8 Å². The number of hydrogen-bond acceptors (Lipinski definition) is 10. The second kappa shape index (κ2) is 17.5. The zero-order valence-electron chi connectivity index (χ0n) is 30.5. The summed E-state index contributed by atoms with van der Waals surface area (Å²) < 4.78 is 75.5. The summed E-state index contributed by atoms with van der Waals surface area (Å²) in [4.78, 5) is 30.1. The smallest absolute Gasteiger partial charge is 0.418 e. The Morgan fingerprint density at radius 1 is 0.875 bits per heavy atom. The molecule has 16 heteroatoms. The first-order valence-corrected chi connectivity index (χ1v) is 20.2. The van der Waals surface area contributed by atoms with Crippen molar-refractivity contribution in [2.75, 3.05) is 55.3 Å². The Bertz CT molecular complexity index is 2290. The molecule has 2 N–H and O–H groups in total. The molecule has 0 atom stereocenters. The van der Waals surface area contributed by atoms with Crippen molar-refractivity contribution in [3.8, 4) is 16.9 Å². The normalized spacial score (nSPS) is 13.3. The Morgan fingerprint density at radius 2 is 1.64 bits per heavy atom. The van der Waals surface area contributed by atoms with Gasteiger partial charge in [-0.3, -0.25) is 9.59 Å². The van der Waals surface area contributed by atoms with E-state index in [4.69, 9.17) is 4.74 Å². The van der Waals surface area contributed by atoms with Crippen LogP contribution in [-0.2, 0) is 16.2 Å². The second-order valence-electron chi connectivity index (χ2n) is 12.8. The average Bonchev–Trinajstić information content (AvgIpc) is 3.19. The molecule has 1 fully saturated rings. The predicted molar refractivity (Wildman–Crippen MR) is 210 cm³/mol. The minimum atomic E-state index is -4.87. The monoisotopic (exact) mass is 804 g/mol. The van der Waals surface area contributed by atoms with E-state index in [0.717, 1.165) is 39.5 Å². The molecule has 0 saturated carbocycles. The van der Waals surface area contributed by atoms with Crippen molar-refractivity contribution in [1.29, 1.82) is 0 Å². The fraction of sp³-hybridized carbons (Fsp3) is 0.250. The number of aryl methyl sites for hydroxylation is 1. The molecule has 1 aromatic heterocycles. The van der Waals surface area contributed by atoms with E-state index >= 15 is 0 Å². The summed E-state index contributed by atoms with van der Waals surface area (Å²) >= 11 is 1.46. The second-order valence-corrected chi connectivity index (χ2v) is 15.6. The molecule has 0 aliphatic carbocycles. The van der Waals surface area contributed by atoms with Crippen molar-refractivity contribution < 1.29 is 35.9 Å². The van der Waals surface area contributed by atoms with E-state index in [1.54, 1.807) is 9.62 Å². The standard InChI is InChI=1S/C40H39F3N6O5S2/c1-3-54-30-9-7-8-28(25-30)33-14-12-29(24-27(33)2)39(51)49-21-19-48(20-22-49)37-17-16-36(45-46-37)38(50)47-56(52,53)32-13-15-35(34(26-32)40(41,42)43)44-18-23-55-31-10-5-4-6-11-31/h4-17,24-26,44H,3,18-23H2,1-2H3,(H,47,50). The predicted octanol–water partition coefficient (Wildman–Crippen LogP) is 7.15. The number of aromatic nitrogens is 2. The number of hydrogen-bond donors (Lipinski definition) is 2. The number of benzene rings is 4. The van der Waals surface area contributed by atoms with E-state index in [1.807, 2.05) is 91.5 Å². The van der Waals surface area contributed by atoms with Crippen LogP contribution in [0.1, 0.15) is 38.9 Å². The molecule has 292 valence electrons. The van der Waals surface area contributed by atoms with Gasteiger partial charge in [-0.05, 0) is 97.3 Å². The number of nitrogens with one attached hydrogen (secondary N) is 2. The number of anilines is 2. The summed E-state index contributed by atoms with van der Waals surface area (Å²) in [5.41, 5.74) is 1.71. The fourth-order valence-corrected chi connectivity index (χ4v) is 7.94. The van der Waals surface area contributed by atoms with Crippen molar-refractivity contribution in [2.45, 2.75) is 29.8 Å². The first kappa shape index (κ1) is 40.1. The number of nitrogens with zero attached hydrogens (tertiary/aromatic N) is 4. The molecule has 1 aliphatic heterocycles. The van der Waals surface area contributed by atoms with Gasteiger partial charge in [0.05, 0.1) is 17.1 Å². The molecule has 5 aromatic rings. The first-order valence-electron chi connectivity index (χ1n) is 17.7. The summed E-state index contributed by atoms with van der Waals surface area (Å²) in [5, 5.41) is 10.7. The molecule has 0 bridgehead atoms. The molecule has 0 radical (unpaired) electrons. The average molecular weight is 805 g/mol. The third-order valence-electron chi connectivity index (χ3n) is 8.97. The van der Waals surface area contributed by atoms with Gasteiger partial charge in [0, 0.05) is 54.6 Å². The van der Waals surface area contributed by atoms with Crippen LogP contribution >= 0.6 is 11.8 Å².